The quantitative estimate of drug-likeness (QED) is 0.341. The summed E-state index contributed by atoms with van der Waals surface area (Å²) in [6.45, 7) is 0.124. The molecule has 37 heavy (non-hydrogen) atoms. The summed E-state index contributed by atoms with van der Waals surface area (Å²) < 4.78 is 74.2. The van der Waals surface area contributed by atoms with Crippen molar-refractivity contribution >= 4 is 21.5 Å². The predicted molar refractivity (Wildman–Crippen MR) is 133 cm³/mol. The second-order valence-electron chi connectivity index (χ2n) is 8.27. The van der Waals surface area contributed by atoms with Crippen LogP contribution in [-0.4, -0.2) is 41.4 Å². The molecule has 0 saturated carbocycles. The highest BCUT2D eigenvalue weighted by molar-refractivity contribution is 7.89. The fourth-order valence-electron chi connectivity index (χ4n) is 3.61. The smallest absolute Gasteiger partial charge is 0.433 e. The molecule has 194 valence electrons. The number of aryl methyl sites for hydroxylation is 1. The average molecular weight is 532 g/mol. The third-order valence-corrected chi connectivity index (χ3v) is 7.35. The van der Waals surface area contributed by atoms with Gasteiger partial charge in [-0.15, -0.1) is 0 Å². The molecule has 8 nitrogen and oxygen atoms in total. The molecule has 0 saturated heterocycles. The molecule has 0 fully saturated rings. The van der Waals surface area contributed by atoms with Gasteiger partial charge in [0.05, 0.1) is 24.0 Å². The number of nitrogens with one attached hydrogen (secondary N) is 1. The SMILES string of the molecule is COc1ccc(CN(C)S(=O)(=O)c2ccc(Nc3cccc(C(F)(F)F)n3)c(-c3cn(C)cn3)c2)cc1. The van der Waals surface area contributed by atoms with Gasteiger partial charge in [-0.1, -0.05) is 18.2 Å². The molecule has 0 atom stereocenters. The summed E-state index contributed by atoms with van der Waals surface area (Å²) in [5, 5.41) is 2.87. The van der Waals surface area contributed by atoms with E-state index in [-0.39, 0.29) is 17.3 Å². The topological polar surface area (TPSA) is 89.4 Å². The number of hydrogen-bond donors (Lipinski definition) is 1. The Balaban J connectivity index is 1.68. The summed E-state index contributed by atoms with van der Waals surface area (Å²) in [5.41, 5.74) is 0.898. The fraction of sp³-hybridized carbons (Fsp3) is 0.200. The summed E-state index contributed by atoms with van der Waals surface area (Å²) in [5.74, 6) is 0.617. The Bertz CT molecular complexity index is 1500. The zero-order valence-electron chi connectivity index (χ0n) is 20.2. The number of benzene rings is 2. The summed E-state index contributed by atoms with van der Waals surface area (Å²) in [6.07, 6.45) is -1.38. The third kappa shape index (κ3) is 5.92. The number of pyridine rings is 1. The molecule has 0 radical (unpaired) electrons. The average Bonchev–Trinajstić information content (AvgIpc) is 3.30. The molecule has 4 rings (SSSR count). The second kappa shape index (κ2) is 10.2. The minimum atomic E-state index is -4.60. The number of aromatic nitrogens is 3. The number of imidazole rings is 1. The Kier molecular flexibility index (Phi) is 7.23. The first-order valence-electron chi connectivity index (χ1n) is 11.0. The zero-order valence-corrected chi connectivity index (χ0v) is 21.0. The van der Waals surface area contributed by atoms with Crippen LogP contribution in [0.3, 0.4) is 0 Å². The largest absolute Gasteiger partial charge is 0.497 e. The van der Waals surface area contributed by atoms with Gasteiger partial charge >= 0.3 is 6.18 Å². The van der Waals surface area contributed by atoms with Crippen molar-refractivity contribution in [3.05, 3.63) is 84.4 Å². The molecule has 0 bridgehead atoms. The minimum absolute atomic E-state index is 0.00622. The van der Waals surface area contributed by atoms with Crippen LogP contribution in [0.15, 0.2) is 78.1 Å². The van der Waals surface area contributed by atoms with E-state index in [1.807, 2.05) is 0 Å². The maximum absolute atomic E-state index is 13.4. The lowest BCUT2D eigenvalue weighted by atomic mass is 10.1. The van der Waals surface area contributed by atoms with Gasteiger partial charge in [-0.2, -0.15) is 17.5 Å². The standard InChI is InChI=1S/C25H24F3N5O3S/c1-32-15-22(29-16-32)20-13-19(37(34,35)33(2)14-17-7-9-18(36-3)10-8-17)11-12-21(20)30-24-6-4-5-23(31-24)25(26,27)28/h4-13,15-16H,14H2,1-3H3,(H,30,31). The maximum atomic E-state index is 13.4. The highest BCUT2D eigenvalue weighted by Gasteiger charge is 2.32. The first-order chi connectivity index (χ1) is 17.5. The number of alkyl halides is 3. The first-order valence-corrected chi connectivity index (χ1v) is 12.4. The molecule has 2 aromatic heterocycles. The molecular formula is C25H24F3N5O3S. The Morgan fingerprint density at radius 2 is 1.81 bits per heavy atom. The van der Waals surface area contributed by atoms with E-state index >= 15 is 0 Å². The van der Waals surface area contributed by atoms with E-state index in [2.05, 4.69) is 15.3 Å². The monoisotopic (exact) mass is 531 g/mol. The Morgan fingerprint density at radius 1 is 1.08 bits per heavy atom. The van der Waals surface area contributed by atoms with E-state index in [4.69, 9.17) is 4.74 Å². The van der Waals surface area contributed by atoms with Crippen molar-refractivity contribution < 1.29 is 26.3 Å². The maximum Gasteiger partial charge on any atom is 0.433 e. The summed E-state index contributed by atoms with van der Waals surface area (Å²) in [4.78, 5) is 7.95. The molecule has 4 aromatic rings. The van der Waals surface area contributed by atoms with Crippen molar-refractivity contribution in [2.24, 2.45) is 7.05 Å². The number of anilines is 2. The predicted octanol–water partition coefficient (Wildman–Crippen LogP) is 5.07. The van der Waals surface area contributed by atoms with Crippen molar-refractivity contribution in [2.45, 2.75) is 17.6 Å². The van der Waals surface area contributed by atoms with Gasteiger partial charge < -0.3 is 14.6 Å². The highest BCUT2D eigenvalue weighted by Crippen LogP contribution is 2.34. The molecule has 0 spiro atoms. The van der Waals surface area contributed by atoms with Crippen LogP contribution in [-0.2, 0) is 29.8 Å². The van der Waals surface area contributed by atoms with Gasteiger partial charge in [0.15, 0.2) is 0 Å². The van der Waals surface area contributed by atoms with Crippen molar-refractivity contribution in [1.29, 1.82) is 0 Å². The number of sulfonamides is 1. The molecular weight excluding hydrogens is 507 g/mol. The van der Waals surface area contributed by atoms with Gasteiger partial charge in [0.2, 0.25) is 10.0 Å². The van der Waals surface area contributed by atoms with E-state index in [0.29, 0.717) is 22.7 Å². The molecule has 12 heteroatoms. The lowest BCUT2D eigenvalue weighted by Crippen LogP contribution is -2.26. The van der Waals surface area contributed by atoms with Crippen LogP contribution in [0.5, 0.6) is 5.75 Å². The van der Waals surface area contributed by atoms with Gasteiger partial charge in [-0.3, -0.25) is 0 Å². The van der Waals surface area contributed by atoms with Gasteiger partial charge in [0.1, 0.15) is 17.3 Å². The number of rotatable bonds is 8. The van der Waals surface area contributed by atoms with Crippen molar-refractivity contribution in [2.75, 3.05) is 19.5 Å². The van der Waals surface area contributed by atoms with Crippen LogP contribution in [0.25, 0.3) is 11.3 Å². The summed E-state index contributed by atoms with van der Waals surface area (Å²) in [6, 6.07) is 14.9. The van der Waals surface area contributed by atoms with Gasteiger partial charge in [0, 0.05) is 38.1 Å². The van der Waals surface area contributed by atoms with Crippen molar-refractivity contribution in [3.63, 3.8) is 0 Å². The normalized spacial score (nSPS) is 12.1. The van der Waals surface area contributed by atoms with Crippen LogP contribution in [0, 0.1) is 0 Å². The summed E-state index contributed by atoms with van der Waals surface area (Å²) >= 11 is 0. The van der Waals surface area contributed by atoms with Gasteiger partial charge in [0.25, 0.3) is 0 Å². The van der Waals surface area contributed by atoms with Crippen LogP contribution >= 0.6 is 0 Å². The lowest BCUT2D eigenvalue weighted by molar-refractivity contribution is -0.141. The van der Waals surface area contributed by atoms with Crippen LogP contribution in [0.2, 0.25) is 0 Å². The van der Waals surface area contributed by atoms with E-state index < -0.39 is 21.9 Å². The first kappa shape index (κ1) is 26.2. The number of ether oxygens (including phenoxy) is 1. The highest BCUT2D eigenvalue weighted by atomic mass is 32.2. The molecule has 0 aliphatic carbocycles. The number of hydrogen-bond acceptors (Lipinski definition) is 6. The number of halogens is 3. The Hall–Kier alpha value is -3.90. The molecule has 0 unspecified atom stereocenters. The molecule has 2 aromatic carbocycles. The van der Waals surface area contributed by atoms with Crippen LogP contribution < -0.4 is 10.1 Å². The van der Waals surface area contributed by atoms with E-state index in [1.54, 1.807) is 55.5 Å². The second-order valence-corrected chi connectivity index (χ2v) is 10.3. The minimum Gasteiger partial charge on any atom is -0.497 e. The van der Waals surface area contributed by atoms with E-state index in [9.17, 15) is 21.6 Å². The number of nitrogens with zero attached hydrogens (tertiary/aromatic N) is 4. The molecule has 1 N–H and O–H groups in total. The van der Waals surface area contributed by atoms with Gasteiger partial charge in [-0.05, 0) is 48.0 Å². The molecule has 0 aliphatic rings. The Labute approximate surface area is 212 Å². The summed E-state index contributed by atoms with van der Waals surface area (Å²) in [7, 11) is 0.853. The van der Waals surface area contributed by atoms with E-state index in [1.165, 1.54) is 41.7 Å². The van der Waals surface area contributed by atoms with Crippen LogP contribution in [0.1, 0.15) is 11.3 Å². The fourth-order valence-corrected chi connectivity index (χ4v) is 4.80. The van der Waals surface area contributed by atoms with E-state index in [0.717, 1.165) is 11.6 Å². The molecule has 0 amide bonds. The zero-order chi connectivity index (χ0) is 26.8. The molecule has 2 heterocycles. The van der Waals surface area contributed by atoms with Crippen molar-refractivity contribution in [1.82, 2.24) is 18.8 Å². The lowest BCUT2D eigenvalue weighted by Gasteiger charge is -2.19. The van der Waals surface area contributed by atoms with Crippen LogP contribution in [0.4, 0.5) is 24.7 Å². The third-order valence-electron chi connectivity index (χ3n) is 5.55. The van der Waals surface area contributed by atoms with Gasteiger partial charge in [-0.25, -0.2) is 18.4 Å². The molecule has 0 aliphatic heterocycles. The number of methoxy groups -OCH3 is 1. The Morgan fingerprint density at radius 3 is 2.43 bits per heavy atom. The van der Waals surface area contributed by atoms with Crippen molar-refractivity contribution in [3.8, 4) is 17.0 Å².